The van der Waals surface area contributed by atoms with Crippen LogP contribution in [0.4, 0.5) is 0 Å². The summed E-state index contributed by atoms with van der Waals surface area (Å²) < 4.78 is 11.1. The minimum Gasteiger partial charge on any atom is -0.444 e. The molecule has 1 saturated heterocycles. The Labute approximate surface area is 190 Å². The van der Waals surface area contributed by atoms with E-state index < -0.39 is 0 Å². The first kappa shape index (κ1) is 23.6. The maximum atomic E-state index is 5.62. The highest BCUT2D eigenvalue weighted by Gasteiger charge is 2.28. The number of hydrogen-bond acceptors (Lipinski definition) is 5. The quantitative estimate of drug-likeness (QED) is 0.352. The smallest absolute Gasteiger partial charge is 0.226 e. The van der Waals surface area contributed by atoms with Gasteiger partial charge in [0.1, 0.15) is 6.26 Å². The summed E-state index contributed by atoms with van der Waals surface area (Å²) in [6.45, 7) is 11.4. The van der Waals surface area contributed by atoms with Crippen molar-refractivity contribution in [1.82, 2.24) is 20.5 Å². The van der Waals surface area contributed by atoms with Gasteiger partial charge in [-0.25, -0.2) is 4.98 Å². The Bertz CT molecular complexity index is 783. The van der Waals surface area contributed by atoms with Crippen molar-refractivity contribution in [3.63, 3.8) is 0 Å². The van der Waals surface area contributed by atoms with Crippen LogP contribution in [-0.4, -0.2) is 61.3 Å². The van der Waals surface area contributed by atoms with Crippen molar-refractivity contribution in [2.75, 3.05) is 39.9 Å². The van der Waals surface area contributed by atoms with Gasteiger partial charge in [0.15, 0.2) is 5.96 Å². The molecule has 0 unspecified atom stereocenters. The van der Waals surface area contributed by atoms with E-state index in [4.69, 9.17) is 9.15 Å². The topological polar surface area (TPSA) is 74.9 Å². The summed E-state index contributed by atoms with van der Waals surface area (Å²) in [7, 11) is 1.78. The highest BCUT2D eigenvalue weighted by Crippen LogP contribution is 2.19. The standard InChI is InChI=1S/C21H31N5O2.HI/c1-16-5-7-17(8-6-16)19-25-18(14-28-19)13-23-20(22-4)24-15-21(2,3)26-9-11-27-12-10-26;/h5-8,14H,9-13,15H2,1-4H3,(H2,22,23,24);1H. The normalized spacial score (nSPS) is 15.7. The molecule has 0 saturated carbocycles. The summed E-state index contributed by atoms with van der Waals surface area (Å²) in [4.78, 5) is 11.3. The fraction of sp³-hybridized carbons (Fsp3) is 0.524. The predicted octanol–water partition coefficient (Wildman–Crippen LogP) is 3.04. The van der Waals surface area contributed by atoms with Gasteiger partial charge in [0.05, 0.1) is 25.5 Å². The Balaban J connectivity index is 0.00000300. The maximum Gasteiger partial charge on any atom is 0.226 e. The Morgan fingerprint density at radius 3 is 2.52 bits per heavy atom. The van der Waals surface area contributed by atoms with E-state index in [1.165, 1.54) is 5.56 Å². The van der Waals surface area contributed by atoms with Gasteiger partial charge in [0, 0.05) is 37.8 Å². The number of oxazole rings is 1. The van der Waals surface area contributed by atoms with Crippen molar-refractivity contribution < 1.29 is 9.15 Å². The molecule has 2 heterocycles. The molecular weight excluding hydrogens is 481 g/mol. The first-order valence-electron chi connectivity index (χ1n) is 9.77. The third-order valence-electron chi connectivity index (χ3n) is 5.07. The zero-order valence-electron chi connectivity index (χ0n) is 17.7. The van der Waals surface area contributed by atoms with Crippen LogP contribution in [0.25, 0.3) is 11.5 Å². The lowest BCUT2D eigenvalue weighted by molar-refractivity contribution is -0.00834. The summed E-state index contributed by atoms with van der Waals surface area (Å²) in [5.41, 5.74) is 3.05. The number of nitrogens with zero attached hydrogens (tertiary/aromatic N) is 3. The van der Waals surface area contributed by atoms with Crippen molar-refractivity contribution in [2.24, 2.45) is 4.99 Å². The van der Waals surface area contributed by atoms with Crippen LogP contribution in [0.2, 0.25) is 0 Å². The molecule has 7 nitrogen and oxygen atoms in total. The van der Waals surface area contributed by atoms with Crippen LogP contribution in [0.5, 0.6) is 0 Å². The lowest BCUT2D eigenvalue weighted by Gasteiger charge is -2.41. The predicted molar refractivity (Wildman–Crippen MR) is 127 cm³/mol. The van der Waals surface area contributed by atoms with Gasteiger partial charge in [0.25, 0.3) is 0 Å². The van der Waals surface area contributed by atoms with E-state index in [0.29, 0.717) is 12.4 Å². The fourth-order valence-electron chi connectivity index (χ4n) is 3.19. The second-order valence-corrected chi connectivity index (χ2v) is 7.70. The molecule has 0 radical (unpaired) electrons. The molecule has 3 rings (SSSR count). The molecule has 8 heteroatoms. The second kappa shape index (κ2) is 10.9. The second-order valence-electron chi connectivity index (χ2n) is 7.70. The zero-order chi connectivity index (χ0) is 20.0. The number of hydrogen-bond donors (Lipinski definition) is 2. The molecule has 1 aliphatic heterocycles. The number of aromatic nitrogens is 1. The molecule has 0 spiro atoms. The maximum absolute atomic E-state index is 5.62. The summed E-state index contributed by atoms with van der Waals surface area (Å²) in [5, 5.41) is 6.73. The Hall–Kier alpha value is -1.65. The van der Waals surface area contributed by atoms with Crippen molar-refractivity contribution in [2.45, 2.75) is 32.9 Å². The van der Waals surface area contributed by atoms with Crippen LogP contribution < -0.4 is 10.6 Å². The van der Waals surface area contributed by atoms with Gasteiger partial charge in [-0.2, -0.15) is 0 Å². The van der Waals surface area contributed by atoms with Crippen molar-refractivity contribution in [1.29, 1.82) is 0 Å². The molecule has 1 aromatic carbocycles. The molecule has 1 fully saturated rings. The van der Waals surface area contributed by atoms with Gasteiger partial charge in [-0.1, -0.05) is 17.7 Å². The van der Waals surface area contributed by atoms with Crippen LogP contribution >= 0.6 is 24.0 Å². The zero-order valence-corrected chi connectivity index (χ0v) is 20.0. The third kappa shape index (κ3) is 6.68. The number of guanidine groups is 1. The summed E-state index contributed by atoms with van der Waals surface area (Å²) in [6.07, 6.45) is 1.69. The van der Waals surface area contributed by atoms with Gasteiger partial charge in [-0.15, -0.1) is 24.0 Å². The SMILES string of the molecule is CN=C(NCc1coc(-c2ccc(C)cc2)n1)NCC(C)(C)N1CCOCC1.I. The molecule has 2 aromatic rings. The summed E-state index contributed by atoms with van der Waals surface area (Å²) in [6, 6.07) is 8.15. The molecule has 29 heavy (non-hydrogen) atoms. The van der Waals surface area contributed by atoms with Crippen LogP contribution in [0.3, 0.4) is 0 Å². The van der Waals surface area contributed by atoms with Gasteiger partial charge < -0.3 is 19.8 Å². The molecule has 0 bridgehead atoms. The van der Waals surface area contributed by atoms with E-state index in [0.717, 1.165) is 50.1 Å². The first-order chi connectivity index (χ1) is 13.5. The van der Waals surface area contributed by atoms with E-state index in [1.807, 2.05) is 12.1 Å². The highest BCUT2D eigenvalue weighted by molar-refractivity contribution is 14.0. The molecule has 1 aliphatic rings. The van der Waals surface area contributed by atoms with E-state index in [-0.39, 0.29) is 29.5 Å². The van der Waals surface area contributed by atoms with Crippen molar-refractivity contribution in [3.05, 3.63) is 41.8 Å². The average molecular weight is 513 g/mol. The number of ether oxygens (including phenoxy) is 1. The van der Waals surface area contributed by atoms with Crippen molar-refractivity contribution >= 4 is 29.9 Å². The minimum absolute atomic E-state index is 0. The molecule has 0 atom stereocenters. The number of aliphatic imine (C=N–C) groups is 1. The van der Waals surface area contributed by atoms with Crippen LogP contribution in [0.1, 0.15) is 25.1 Å². The largest absolute Gasteiger partial charge is 0.444 e. The van der Waals surface area contributed by atoms with Crippen LogP contribution in [0.15, 0.2) is 39.9 Å². The summed E-state index contributed by atoms with van der Waals surface area (Å²) >= 11 is 0. The number of morpholine rings is 1. The average Bonchev–Trinajstić information content (AvgIpc) is 3.18. The molecule has 160 valence electrons. The Morgan fingerprint density at radius 2 is 1.86 bits per heavy atom. The van der Waals surface area contributed by atoms with E-state index in [9.17, 15) is 0 Å². The van der Waals surface area contributed by atoms with Gasteiger partial charge in [-0.05, 0) is 32.9 Å². The minimum atomic E-state index is 0. The van der Waals surface area contributed by atoms with Gasteiger partial charge in [0.2, 0.25) is 5.89 Å². The lowest BCUT2D eigenvalue weighted by Crippen LogP contribution is -2.56. The Morgan fingerprint density at radius 1 is 1.17 bits per heavy atom. The van der Waals surface area contributed by atoms with Crippen LogP contribution in [-0.2, 0) is 11.3 Å². The number of halogens is 1. The van der Waals surface area contributed by atoms with Gasteiger partial charge in [-0.3, -0.25) is 9.89 Å². The fourth-order valence-corrected chi connectivity index (χ4v) is 3.19. The lowest BCUT2D eigenvalue weighted by atomic mass is 10.0. The number of rotatable bonds is 6. The van der Waals surface area contributed by atoms with Crippen molar-refractivity contribution in [3.8, 4) is 11.5 Å². The summed E-state index contributed by atoms with van der Waals surface area (Å²) in [5.74, 6) is 1.38. The van der Waals surface area contributed by atoms with E-state index in [1.54, 1.807) is 13.3 Å². The third-order valence-corrected chi connectivity index (χ3v) is 5.07. The number of nitrogens with one attached hydrogen (secondary N) is 2. The monoisotopic (exact) mass is 513 g/mol. The molecule has 2 N–H and O–H groups in total. The van der Waals surface area contributed by atoms with Gasteiger partial charge >= 0.3 is 0 Å². The van der Waals surface area contributed by atoms with Crippen LogP contribution in [0, 0.1) is 6.92 Å². The molecule has 0 amide bonds. The first-order valence-corrected chi connectivity index (χ1v) is 9.77. The Kier molecular flexibility index (Phi) is 8.91. The molecule has 1 aromatic heterocycles. The van der Waals surface area contributed by atoms with E-state index >= 15 is 0 Å². The molecule has 0 aliphatic carbocycles. The highest BCUT2D eigenvalue weighted by atomic mass is 127. The number of benzene rings is 1. The molecular formula is C21H32IN5O2. The van der Waals surface area contributed by atoms with E-state index in [2.05, 4.69) is 58.4 Å². The number of aryl methyl sites for hydroxylation is 1.